The minimum Gasteiger partial charge on any atom is -0.496 e. The van der Waals surface area contributed by atoms with Crippen LogP contribution in [0.4, 0.5) is 4.39 Å². The van der Waals surface area contributed by atoms with Crippen molar-refractivity contribution in [2.75, 3.05) is 40.5 Å². The van der Waals surface area contributed by atoms with Crippen molar-refractivity contribution < 1.29 is 24.1 Å². The van der Waals surface area contributed by atoms with Gasteiger partial charge in [-0.3, -0.25) is 0 Å². The average molecular weight is 622 g/mol. The highest BCUT2D eigenvalue weighted by atomic mass is 35.5. The van der Waals surface area contributed by atoms with Crippen LogP contribution in [0.3, 0.4) is 0 Å². The molecule has 2 aromatic carbocycles. The third kappa shape index (κ3) is 7.22. The smallest absolute Gasteiger partial charge is 0.218 e. The van der Waals surface area contributed by atoms with Crippen LogP contribution >= 0.6 is 11.6 Å². The van der Waals surface area contributed by atoms with Gasteiger partial charge in [-0.2, -0.15) is 0 Å². The van der Waals surface area contributed by atoms with E-state index in [0.29, 0.717) is 49.1 Å². The van der Waals surface area contributed by atoms with Crippen LogP contribution in [0.25, 0.3) is 11.4 Å². The van der Waals surface area contributed by atoms with E-state index in [0.717, 1.165) is 33.4 Å². The van der Waals surface area contributed by atoms with E-state index >= 15 is 4.39 Å². The fourth-order valence-corrected chi connectivity index (χ4v) is 5.91. The molecule has 4 rings (SSSR count). The first-order valence-electron chi connectivity index (χ1n) is 14.6. The van der Waals surface area contributed by atoms with Gasteiger partial charge in [0.25, 0.3) is 0 Å². The van der Waals surface area contributed by atoms with Crippen molar-refractivity contribution in [3.05, 3.63) is 112 Å². The Bertz CT molecular complexity index is 1540. The number of aliphatic hydroxyl groups is 2. The zero-order chi connectivity index (χ0) is 31.7. The number of nitrogens with zero attached hydrogens (tertiary/aromatic N) is 1. The van der Waals surface area contributed by atoms with Gasteiger partial charge in [-0.15, -0.1) is 11.6 Å². The highest BCUT2D eigenvalue weighted by Crippen LogP contribution is 2.46. The molecule has 0 aliphatic heterocycles. The van der Waals surface area contributed by atoms with Crippen LogP contribution < -0.4 is 20.1 Å². The number of rotatable bonds is 14. The van der Waals surface area contributed by atoms with E-state index < -0.39 is 16.6 Å². The molecule has 0 radical (unpaired) electrons. The number of hydrogen-bond acceptors (Lipinski definition) is 7. The second-order valence-electron chi connectivity index (χ2n) is 10.7. The molecule has 3 aromatic rings. The van der Waals surface area contributed by atoms with Gasteiger partial charge < -0.3 is 30.3 Å². The molecule has 1 aromatic heterocycles. The molecule has 2 unspecified atom stereocenters. The largest absolute Gasteiger partial charge is 0.496 e. The van der Waals surface area contributed by atoms with E-state index in [1.807, 2.05) is 68.5 Å². The standard InChI is InChI=1S/C35H41ClFN3O4/c1-23-8-5-6-9-27(23)28-10-7-13-35(33(28)36,32-18-24(2)29(22-39-15-17-42)34(40-32)44-4)20-30(37)25-11-12-26(21-38-14-16-41)31(19-25)43-3/h5-13,18-20,33,38-39,41-42H,14-17,21-22H2,1-4H3/b30-20-. The lowest BCUT2D eigenvalue weighted by molar-refractivity contribution is 0.291. The molecule has 7 nitrogen and oxygen atoms in total. The molecule has 0 fully saturated rings. The SMILES string of the molecule is COc1cc(/C(F)=C/C2(c3cc(C)c(CNCCO)c(OC)n3)C=CC=C(c3ccccc3C)C2Cl)ccc1CNCCO. The molecule has 234 valence electrons. The molecular weight excluding hydrogens is 581 g/mol. The summed E-state index contributed by atoms with van der Waals surface area (Å²) < 4.78 is 27.8. The fourth-order valence-electron chi connectivity index (χ4n) is 5.47. The minimum absolute atomic E-state index is 0.0116. The molecule has 44 heavy (non-hydrogen) atoms. The highest BCUT2D eigenvalue weighted by Gasteiger charge is 2.42. The molecule has 0 amide bonds. The molecule has 1 aliphatic carbocycles. The number of nitrogens with one attached hydrogen (secondary N) is 2. The lowest BCUT2D eigenvalue weighted by Crippen LogP contribution is -2.36. The van der Waals surface area contributed by atoms with Gasteiger partial charge >= 0.3 is 0 Å². The van der Waals surface area contributed by atoms with E-state index in [-0.39, 0.29) is 13.2 Å². The predicted octanol–water partition coefficient (Wildman–Crippen LogP) is 5.39. The van der Waals surface area contributed by atoms with Crippen molar-refractivity contribution in [1.29, 1.82) is 0 Å². The van der Waals surface area contributed by atoms with E-state index in [2.05, 4.69) is 10.6 Å². The summed E-state index contributed by atoms with van der Waals surface area (Å²) in [4.78, 5) is 4.91. The van der Waals surface area contributed by atoms with Gasteiger partial charge in [0.2, 0.25) is 5.88 Å². The first kappa shape index (κ1) is 33.4. The molecule has 0 saturated carbocycles. The molecule has 0 spiro atoms. The normalized spacial score (nSPS) is 18.3. The monoisotopic (exact) mass is 621 g/mol. The van der Waals surface area contributed by atoms with E-state index in [9.17, 15) is 5.11 Å². The first-order valence-corrected chi connectivity index (χ1v) is 15.1. The van der Waals surface area contributed by atoms with Crippen LogP contribution in [0.5, 0.6) is 11.6 Å². The summed E-state index contributed by atoms with van der Waals surface area (Å²) in [6.45, 7) is 5.81. The number of pyridine rings is 1. The van der Waals surface area contributed by atoms with Crippen molar-refractivity contribution in [2.24, 2.45) is 0 Å². The molecule has 9 heteroatoms. The van der Waals surface area contributed by atoms with Gasteiger partial charge in [0, 0.05) is 42.9 Å². The van der Waals surface area contributed by atoms with Crippen LogP contribution in [0.1, 0.15) is 39.1 Å². The number of aliphatic hydroxyl groups excluding tert-OH is 2. The average Bonchev–Trinajstić information content (AvgIpc) is 3.03. The van der Waals surface area contributed by atoms with E-state index in [4.69, 9.17) is 31.2 Å². The maximum Gasteiger partial charge on any atom is 0.218 e. The molecule has 4 N–H and O–H groups in total. The van der Waals surface area contributed by atoms with Gasteiger partial charge in [0.15, 0.2) is 0 Å². The maximum atomic E-state index is 16.5. The molecule has 0 saturated heterocycles. The third-order valence-corrected chi connectivity index (χ3v) is 8.46. The van der Waals surface area contributed by atoms with Crippen LogP contribution in [-0.2, 0) is 18.5 Å². The van der Waals surface area contributed by atoms with Crippen molar-refractivity contribution >= 4 is 23.0 Å². The number of allylic oxidation sites excluding steroid dienone is 5. The summed E-state index contributed by atoms with van der Waals surface area (Å²) in [6, 6.07) is 15.1. The Labute approximate surface area is 264 Å². The molecular formula is C35H41ClFN3O4. The fraction of sp³-hybridized carbons (Fsp3) is 0.343. The van der Waals surface area contributed by atoms with Crippen LogP contribution in [-0.4, -0.2) is 61.1 Å². The second-order valence-corrected chi connectivity index (χ2v) is 11.2. The van der Waals surface area contributed by atoms with Crippen molar-refractivity contribution in [1.82, 2.24) is 15.6 Å². The van der Waals surface area contributed by atoms with Gasteiger partial charge in [0.05, 0.1) is 43.9 Å². The lowest BCUT2D eigenvalue weighted by Gasteiger charge is -2.37. The van der Waals surface area contributed by atoms with Gasteiger partial charge in [0.1, 0.15) is 11.6 Å². The number of benzene rings is 2. The summed E-state index contributed by atoms with van der Waals surface area (Å²) in [5.41, 5.74) is 5.18. The summed E-state index contributed by atoms with van der Waals surface area (Å²) in [6.07, 6.45) is 7.30. The highest BCUT2D eigenvalue weighted by molar-refractivity contribution is 6.28. The number of halogens is 2. The number of aromatic nitrogens is 1. The Hall–Kier alpha value is -3.53. The Kier molecular flexibility index (Phi) is 11.7. The van der Waals surface area contributed by atoms with Gasteiger partial charge in [-0.1, -0.05) is 54.6 Å². The Morgan fingerprint density at radius 3 is 2.41 bits per heavy atom. The second kappa shape index (κ2) is 15.5. The number of hydrogen-bond donors (Lipinski definition) is 4. The van der Waals surface area contributed by atoms with Crippen LogP contribution in [0, 0.1) is 13.8 Å². The minimum atomic E-state index is -1.18. The summed E-state index contributed by atoms with van der Waals surface area (Å²) in [7, 11) is 3.10. The van der Waals surface area contributed by atoms with Crippen LogP contribution in [0.2, 0.25) is 0 Å². The Balaban J connectivity index is 1.86. The number of ether oxygens (including phenoxy) is 2. The van der Waals surface area contributed by atoms with Crippen LogP contribution in [0.15, 0.2) is 72.8 Å². The zero-order valence-electron chi connectivity index (χ0n) is 25.7. The van der Waals surface area contributed by atoms with E-state index in [1.54, 1.807) is 26.4 Å². The van der Waals surface area contributed by atoms with Crippen molar-refractivity contribution in [3.8, 4) is 11.6 Å². The zero-order valence-corrected chi connectivity index (χ0v) is 26.4. The molecule has 2 atom stereocenters. The Morgan fingerprint density at radius 1 is 1.00 bits per heavy atom. The number of methoxy groups -OCH3 is 2. The summed E-state index contributed by atoms with van der Waals surface area (Å²) in [5.74, 6) is 0.457. The predicted molar refractivity (Wildman–Crippen MR) is 175 cm³/mol. The van der Waals surface area contributed by atoms with Gasteiger partial charge in [-0.25, -0.2) is 9.37 Å². The number of alkyl halides is 1. The summed E-state index contributed by atoms with van der Waals surface area (Å²) >= 11 is 7.42. The van der Waals surface area contributed by atoms with E-state index in [1.165, 1.54) is 6.08 Å². The summed E-state index contributed by atoms with van der Waals surface area (Å²) in [5, 5.41) is 23.9. The first-order chi connectivity index (χ1) is 21.3. The van der Waals surface area contributed by atoms with Crippen molar-refractivity contribution in [3.63, 3.8) is 0 Å². The third-order valence-electron chi connectivity index (χ3n) is 7.87. The number of aryl methyl sites for hydroxylation is 2. The van der Waals surface area contributed by atoms with Gasteiger partial charge in [-0.05, 0) is 54.3 Å². The lowest BCUT2D eigenvalue weighted by atomic mass is 9.72. The maximum absolute atomic E-state index is 16.5. The topological polar surface area (TPSA) is 95.9 Å². The molecule has 1 aliphatic rings. The Morgan fingerprint density at radius 2 is 1.73 bits per heavy atom. The molecule has 1 heterocycles. The molecule has 0 bridgehead atoms. The quantitative estimate of drug-likeness (QED) is 0.142. The van der Waals surface area contributed by atoms with Crippen molar-refractivity contribution in [2.45, 2.75) is 37.7 Å².